The van der Waals surface area contributed by atoms with Crippen molar-refractivity contribution in [3.63, 3.8) is 0 Å². The van der Waals surface area contributed by atoms with Gasteiger partial charge in [-0.2, -0.15) is 0 Å². The van der Waals surface area contributed by atoms with Gasteiger partial charge in [0.2, 0.25) is 0 Å². The molecule has 0 aliphatic heterocycles. The number of benzene rings is 2. The summed E-state index contributed by atoms with van der Waals surface area (Å²) in [5.74, 6) is 0. The molecule has 1 unspecified atom stereocenters. The summed E-state index contributed by atoms with van der Waals surface area (Å²) in [5.41, 5.74) is 4.02. The minimum atomic E-state index is 0.0678. The zero-order valence-electron chi connectivity index (χ0n) is 12.6. The van der Waals surface area contributed by atoms with E-state index in [9.17, 15) is 0 Å². The zero-order valence-corrected chi connectivity index (χ0v) is 13.3. The van der Waals surface area contributed by atoms with Crippen LogP contribution in [0.25, 0.3) is 0 Å². The molecular formula is C19H23Cl. The quantitative estimate of drug-likeness (QED) is 0.592. The van der Waals surface area contributed by atoms with E-state index in [2.05, 4.69) is 75.4 Å². The molecule has 0 aliphatic carbocycles. The molecule has 0 saturated carbocycles. The summed E-state index contributed by atoms with van der Waals surface area (Å²) in [5, 5.41) is 0.0678. The van der Waals surface area contributed by atoms with Crippen molar-refractivity contribution in [2.45, 2.75) is 39.0 Å². The largest absolute Gasteiger partial charge is 0.117 e. The maximum absolute atomic E-state index is 6.61. The fourth-order valence-electron chi connectivity index (χ4n) is 2.27. The molecule has 0 radical (unpaired) electrons. The molecule has 0 aliphatic rings. The molecule has 2 aromatic carbocycles. The second kappa shape index (κ2) is 6.45. The summed E-state index contributed by atoms with van der Waals surface area (Å²) < 4.78 is 0. The molecular weight excluding hydrogens is 264 g/mol. The van der Waals surface area contributed by atoms with Gasteiger partial charge in [0, 0.05) is 0 Å². The summed E-state index contributed by atoms with van der Waals surface area (Å²) >= 11 is 6.61. The standard InChI is InChI=1S/C19H23Cl/c1-4-19(2,3)18(20)17-12-10-16(11-13-17)14-15-8-6-5-7-9-15/h5-13,18H,4,14H2,1-3H3. The Morgan fingerprint density at radius 2 is 1.45 bits per heavy atom. The highest BCUT2D eigenvalue weighted by molar-refractivity contribution is 6.21. The van der Waals surface area contributed by atoms with E-state index in [1.165, 1.54) is 16.7 Å². The van der Waals surface area contributed by atoms with Crippen molar-refractivity contribution in [3.05, 3.63) is 71.3 Å². The molecule has 0 heterocycles. The first kappa shape index (κ1) is 15.1. The number of halogens is 1. The molecule has 1 heteroatoms. The molecule has 106 valence electrons. The minimum Gasteiger partial charge on any atom is -0.117 e. The monoisotopic (exact) mass is 286 g/mol. The van der Waals surface area contributed by atoms with Crippen molar-refractivity contribution < 1.29 is 0 Å². The molecule has 2 aromatic rings. The van der Waals surface area contributed by atoms with Crippen LogP contribution in [0.3, 0.4) is 0 Å². The van der Waals surface area contributed by atoms with Gasteiger partial charge < -0.3 is 0 Å². The van der Waals surface area contributed by atoms with Gasteiger partial charge in [0.25, 0.3) is 0 Å². The van der Waals surface area contributed by atoms with Gasteiger partial charge in [0.05, 0.1) is 5.38 Å². The van der Waals surface area contributed by atoms with Gasteiger partial charge in [0.1, 0.15) is 0 Å². The molecule has 0 saturated heterocycles. The molecule has 0 spiro atoms. The van der Waals surface area contributed by atoms with E-state index >= 15 is 0 Å². The SMILES string of the molecule is CCC(C)(C)C(Cl)c1ccc(Cc2ccccc2)cc1. The molecule has 0 nitrogen and oxygen atoms in total. The van der Waals surface area contributed by atoms with Crippen molar-refractivity contribution >= 4 is 11.6 Å². The van der Waals surface area contributed by atoms with Crippen LogP contribution in [0.15, 0.2) is 54.6 Å². The molecule has 0 N–H and O–H groups in total. The Balaban J connectivity index is 2.11. The van der Waals surface area contributed by atoms with Crippen LogP contribution < -0.4 is 0 Å². The fourth-order valence-corrected chi connectivity index (χ4v) is 2.57. The predicted octanol–water partition coefficient (Wildman–Crippen LogP) is 5.99. The normalized spacial score (nSPS) is 13.2. The predicted molar refractivity (Wildman–Crippen MR) is 88.4 cm³/mol. The first-order chi connectivity index (χ1) is 9.53. The first-order valence-electron chi connectivity index (χ1n) is 7.30. The molecule has 20 heavy (non-hydrogen) atoms. The van der Waals surface area contributed by atoms with E-state index in [1.54, 1.807) is 0 Å². The highest BCUT2D eigenvalue weighted by Gasteiger charge is 2.26. The van der Waals surface area contributed by atoms with Crippen LogP contribution in [0.2, 0.25) is 0 Å². The molecule has 0 aromatic heterocycles. The van der Waals surface area contributed by atoms with Crippen LogP contribution in [0, 0.1) is 5.41 Å². The molecule has 0 bridgehead atoms. The number of alkyl halides is 1. The van der Waals surface area contributed by atoms with Crippen LogP contribution in [0.1, 0.15) is 49.3 Å². The maximum atomic E-state index is 6.61. The van der Waals surface area contributed by atoms with Crippen molar-refractivity contribution in [2.24, 2.45) is 5.41 Å². The van der Waals surface area contributed by atoms with Crippen LogP contribution in [-0.4, -0.2) is 0 Å². The van der Waals surface area contributed by atoms with Gasteiger partial charge in [-0.25, -0.2) is 0 Å². The van der Waals surface area contributed by atoms with Gasteiger partial charge >= 0.3 is 0 Å². The summed E-state index contributed by atoms with van der Waals surface area (Å²) in [7, 11) is 0. The van der Waals surface area contributed by atoms with Crippen LogP contribution in [0.4, 0.5) is 0 Å². The van der Waals surface area contributed by atoms with Crippen LogP contribution in [0.5, 0.6) is 0 Å². The van der Waals surface area contributed by atoms with Crippen molar-refractivity contribution in [1.82, 2.24) is 0 Å². The Hall–Kier alpha value is -1.27. The second-order valence-corrected chi connectivity index (χ2v) is 6.55. The van der Waals surface area contributed by atoms with E-state index in [0.29, 0.717) is 0 Å². The maximum Gasteiger partial charge on any atom is 0.0636 e. The van der Waals surface area contributed by atoms with E-state index in [0.717, 1.165) is 12.8 Å². The Morgan fingerprint density at radius 3 is 2.00 bits per heavy atom. The third-order valence-electron chi connectivity index (χ3n) is 4.12. The summed E-state index contributed by atoms with van der Waals surface area (Å²) in [6.45, 7) is 6.64. The number of hydrogen-bond donors (Lipinski definition) is 0. The van der Waals surface area contributed by atoms with E-state index in [4.69, 9.17) is 11.6 Å². The average Bonchev–Trinajstić information content (AvgIpc) is 2.48. The lowest BCUT2D eigenvalue weighted by Crippen LogP contribution is -2.16. The average molecular weight is 287 g/mol. The van der Waals surface area contributed by atoms with Crippen molar-refractivity contribution in [2.75, 3.05) is 0 Å². The fraction of sp³-hybridized carbons (Fsp3) is 0.368. The lowest BCUT2D eigenvalue weighted by atomic mass is 9.82. The van der Waals surface area contributed by atoms with E-state index in [1.807, 2.05) is 0 Å². The third-order valence-corrected chi connectivity index (χ3v) is 4.96. The van der Waals surface area contributed by atoms with Crippen LogP contribution in [-0.2, 0) is 6.42 Å². The number of rotatable bonds is 5. The van der Waals surface area contributed by atoms with Gasteiger partial charge in [-0.3, -0.25) is 0 Å². The Bertz CT molecular complexity index is 525. The minimum absolute atomic E-state index is 0.0678. The Morgan fingerprint density at radius 1 is 0.900 bits per heavy atom. The first-order valence-corrected chi connectivity index (χ1v) is 7.73. The van der Waals surface area contributed by atoms with Crippen molar-refractivity contribution in [1.29, 1.82) is 0 Å². The highest BCUT2D eigenvalue weighted by Crippen LogP contribution is 2.41. The van der Waals surface area contributed by atoms with Gasteiger partial charge in [-0.15, -0.1) is 11.6 Å². The van der Waals surface area contributed by atoms with Gasteiger partial charge in [-0.05, 0) is 34.9 Å². The summed E-state index contributed by atoms with van der Waals surface area (Å²) in [6.07, 6.45) is 2.05. The summed E-state index contributed by atoms with van der Waals surface area (Å²) in [6, 6.07) is 19.3. The summed E-state index contributed by atoms with van der Waals surface area (Å²) in [4.78, 5) is 0. The topological polar surface area (TPSA) is 0 Å². The molecule has 0 amide bonds. The Labute approximate surface area is 127 Å². The lowest BCUT2D eigenvalue weighted by molar-refractivity contribution is 0.336. The zero-order chi connectivity index (χ0) is 14.6. The molecule has 2 rings (SSSR count). The molecule has 1 atom stereocenters. The van der Waals surface area contributed by atoms with Crippen LogP contribution >= 0.6 is 11.6 Å². The smallest absolute Gasteiger partial charge is 0.0636 e. The third kappa shape index (κ3) is 3.64. The van der Waals surface area contributed by atoms with Gasteiger partial charge in [0.15, 0.2) is 0 Å². The molecule has 0 fully saturated rings. The van der Waals surface area contributed by atoms with Crippen molar-refractivity contribution in [3.8, 4) is 0 Å². The second-order valence-electron chi connectivity index (χ2n) is 6.11. The van der Waals surface area contributed by atoms with E-state index < -0.39 is 0 Å². The highest BCUT2D eigenvalue weighted by atomic mass is 35.5. The number of hydrogen-bond acceptors (Lipinski definition) is 0. The van der Waals surface area contributed by atoms with E-state index in [-0.39, 0.29) is 10.8 Å². The van der Waals surface area contributed by atoms with Gasteiger partial charge in [-0.1, -0.05) is 75.4 Å². The Kier molecular flexibility index (Phi) is 4.88. The lowest BCUT2D eigenvalue weighted by Gasteiger charge is -2.29.